The van der Waals surface area contributed by atoms with E-state index in [-0.39, 0.29) is 6.08 Å². The molecule has 0 bridgehead atoms. The maximum Gasteiger partial charge on any atom is 0.410 e. The van der Waals surface area contributed by atoms with Crippen molar-refractivity contribution in [2.75, 3.05) is 0 Å². The first kappa shape index (κ1) is 8.84. The lowest BCUT2D eigenvalue weighted by atomic mass is 10.2. The molecule has 1 rings (SSSR count). The van der Waals surface area contributed by atoms with E-state index in [1.807, 2.05) is 0 Å². The van der Waals surface area contributed by atoms with Crippen LogP contribution in [0.25, 0.3) is 0 Å². The molecule has 1 aromatic rings. The molecule has 0 saturated heterocycles. The van der Waals surface area contributed by atoms with Crippen molar-refractivity contribution in [2.45, 2.75) is 6.18 Å². The van der Waals surface area contributed by atoms with Crippen LogP contribution < -0.4 is 0 Å². The highest BCUT2D eigenvalue weighted by atomic mass is 19.4. The van der Waals surface area contributed by atoms with E-state index in [9.17, 15) is 13.2 Å². The van der Waals surface area contributed by atoms with Gasteiger partial charge in [-0.2, -0.15) is 13.2 Å². The fraction of sp³-hybridized carbons (Fsp3) is 0.111. The first-order chi connectivity index (χ1) is 5.58. The zero-order valence-electron chi connectivity index (χ0n) is 6.10. The van der Waals surface area contributed by atoms with Gasteiger partial charge in [0.15, 0.2) is 0 Å². The van der Waals surface area contributed by atoms with Gasteiger partial charge in [-0.05, 0) is 11.6 Å². The monoisotopic (exact) mass is 171 g/mol. The molecule has 1 radical (unpaired) electrons. The minimum atomic E-state index is -4.28. The number of alkyl halides is 3. The van der Waals surface area contributed by atoms with E-state index >= 15 is 0 Å². The van der Waals surface area contributed by atoms with E-state index in [4.69, 9.17) is 0 Å². The maximum absolute atomic E-state index is 11.6. The van der Waals surface area contributed by atoms with E-state index in [0.717, 1.165) is 0 Å². The molecule has 0 nitrogen and oxygen atoms in total. The zero-order valence-corrected chi connectivity index (χ0v) is 6.10. The molecule has 12 heavy (non-hydrogen) atoms. The predicted octanol–water partition coefficient (Wildman–Crippen LogP) is 2.96. The molecule has 0 atom stereocenters. The Morgan fingerprint density at radius 3 is 2.17 bits per heavy atom. The summed E-state index contributed by atoms with van der Waals surface area (Å²) in [6, 6.07) is 8.17. The minimum Gasteiger partial charge on any atom is -0.167 e. The molecular formula is C9H6F3. The molecule has 3 heteroatoms. The average Bonchev–Trinajstić information content (AvgIpc) is 2.02. The van der Waals surface area contributed by atoms with Gasteiger partial charge in [-0.1, -0.05) is 30.3 Å². The van der Waals surface area contributed by atoms with Crippen LogP contribution in [0.1, 0.15) is 5.56 Å². The van der Waals surface area contributed by atoms with Crippen molar-refractivity contribution in [1.82, 2.24) is 0 Å². The van der Waals surface area contributed by atoms with Gasteiger partial charge in [-0.25, -0.2) is 0 Å². The fourth-order valence-corrected chi connectivity index (χ4v) is 0.700. The second-order valence-electron chi connectivity index (χ2n) is 2.20. The Labute approximate surface area is 68.3 Å². The topological polar surface area (TPSA) is 0 Å². The second kappa shape index (κ2) is 3.43. The Morgan fingerprint density at radius 1 is 1.08 bits per heavy atom. The fourth-order valence-electron chi connectivity index (χ4n) is 0.700. The Hall–Kier alpha value is -1.25. The molecule has 0 fully saturated rings. The minimum absolute atomic E-state index is 0.0995. The van der Waals surface area contributed by atoms with Crippen molar-refractivity contribution in [3.8, 4) is 0 Å². The highest BCUT2D eigenvalue weighted by Gasteiger charge is 2.21. The normalized spacial score (nSPS) is 12.2. The molecule has 63 valence electrons. The lowest BCUT2D eigenvalue weighted by molar-refractivity contribution is -0.0802. The summed E-state index contributed by atoms with van der Waals surface area (Å²) < 4.78 is 34.9. The van der Waals surface area contributed by atoms with Gasteiger partial charge in [0.25, 0.3) is 0 Å². The predicted molar refractivity (Wildman–Crippen MR) is 39.4 cm³/mol. The van der Waals surface area contributed by atoms with Gasteiger partial charge in [0.05, 0.1) is 0 Å². The van der Waals surface area contributed by atoms with Crippen LogP contribution in [0.4, 0.5) is 13.2 Å². The van der Waals surface area contributed by atoms with Gasteiger partial charge >= 0.3 is 6.18 Å². The van der Waals surface area contributed by atoms with Gasteiger partial charge < -0.3 is 0 Å². The van der Waals surface area contributed by atoms with Crippen molar-refractivity contribution < 1.29 is 13.2 Å². The number of rotatable bonds is 1. The highest BCUT2D eigenvalue weighted by Crippen LogP contribution is 2.16. The highest BCUT2D eigenvalue weighted by molar-refractivity contribution is 5.22. The van der Waals surface area contributed by atoms with Crippen LogP contribution in [0.3, 0.4) is 0 Å². The van der Waals surface area contributed by atoms with Gasteiger partial charge in [0.2, 0.25) is 0 Å². The lowest BCUT2D eigenvalue weighted by Gasteiger charge is -1.96. The van der Waals surface area contributed by atoms with Crippen LogP contribution in [0, 0.1) is 6.08 Å². The summed E-state index contributed by atoms with van der Waals surface area (Å²) in [5.41, 5.74) is 0.426. The number of hydrogen-bond donors (Lipinski definition) is 0. The maximum atomic E-state index is 11.6. The van der Waals surface area contributed by atoms with Gasteiger partial charge in [0, 0.05) is 6.08 Å². The SMILES string of the molecule is FC(F)(F)C=[C]c1ccccc1. The summed E-state index contributed by atoms with van der Waals surface area (Å²) in [7, 11) is 0. The molecule has 0 spiro atoms. The second-order valence-corrected chi connectivity index (χ2v) is 2.20. The summed E-state index contributed by atoms with van der Waals surface area (Å²) in [6.45, 7) is 0. The molecule has 0 heterocycles. The first-order valence-corrected chi connectivity index (χ1v) is 3.30. The van der Waals surface area contributed by atoms with Crippen molar-refractivity contribution in [3.05, 3.63) is 48.0 Å². The Kier molecular flexibility index (Phi) is 2.53. The van der Waals surface area contributed by atoms with Gasteiger partial charge in [-0.15, -0.1) is 0 Å². The van der Waals surface area contributed by atoms with E-state index in [1.165, 1.54) is 0 Å². The molecule has 1 aromatic carbocycles. The molecule has 0 aromatic heterocycles. The molecule has 0 saturated carbocycles. The van der Waals surface area contributed by atoms with Crippen molar-refractivity contribution >= 4 is 0 Å². The first-order valence-electron chi connectivity index (χ1n) is 3.30. The smallest absolute Gasteiger partial charge is 0.167 e. The van der Waals surface area contributed by atoms with Crippen LogP contribution >= 0.6 is 0 Å². The zero-order chi connectivity index (χ0) is 9.03. The third-order valence-electron chi connectivity index (χ3n) is 1.18. The number of halogens is 3. The van der Waals surface area contributed by atoms with Crippen LogP contribution in [0.5, 0.6) is 0 Å². The van der Waals surface area contributed by atoms with Crippen LogP contribution in [0.15, 0.2) is 36.4 Å². The van der Waals surface area contributed by atoms with Crippen molar-refractivity contribution in [1.29, 1.82) is 0 Å². The molecular weight excluding hydrogens is 165 g/mol. The molecule has 0 aliphatic rings. The number of benzene rings is 1. The molecule has 0 unspecified atom stereocenters. The largest absolute Gasteiger partial charge is 0.410 e. The number of hydrogen-bond acceptors (Lipinski definition) is 0. The van der Waals surface area contributed by atoms with Gasteiger partial charge in [0.1, 0.15) is 0 Å². The summed E-state index contributed by atoms with van der Waals surface area (Å²) in [4.78, 5) is 0. The van der Waals surface area contributed by atoms with E-state index < -0.39 is 6.18 Å². The van der Waals surface area contributed by atoms with Crippen LogP contribution in [-0.4, -0.2) is 6.18 Å². The number of allylic oxidation sites excluding steroid dienone is 1. The summed E-state index contributed by atoms with van der Waals surface area (Å²) in [5, 5.41) is 0. The van der Waals surface area contributed by atoms with Crippen molar-refractivity contribution in [3.63, 3.8) is 0 Å². The molecule has 0 aliphatic heterocycles. The molecule has 0 N–H and O–H groups in total. The average molecular weight is 171 g/mol. The van der Waals surface area contributed by atoms with E-state index in [1.54, 1.807) is 30.3 Å². The third kappa shape index (κ3) is 3.23. The summed E-state index contributed by atoms with van der Waals surface area (Å²) >= 11 is 0. The van der Waals surface area contributed by atoms with Crippen LogP contribution in [-0.2, 0) is 0 Å². The van der Waals surface area contributed by atoms with Gasteiger partial charge in [-0.3, -0.25) is 0 Å². The molecule has 0 aliphatic carbocycles. The van der Waals surface area contributed by atoms with E-state index in [0.29, 0.717) is 5.56 Å². The summed E-state index contributed by atoms with van der Waals surface area (Å²) in [5.74, 6) is 0. The Morgan fingerprint density at radius 2 is 1.67 bits per heavy atom. The third-order valence-corrected chi connectivity index (χ3v) is 1.18. The quantitative estimate of drug-likeness (QED) is 0.609. The van der Waals surface area contributed by atoms with E-state index in [2.05, 4.69) is 6.08 Å². The lowest BCUT2D eigenvalue weighted by Crippen LogP contribution is -2.00. The Balaban J connectivity index is 2.71. The standard InChI is InChI=1S/C9H6F3/c10-9(11,12)7-6-8-4-2-1-3-5-8/h1-5,7H. The van der Waals surface area contributed by atoms with Crippen molar-refractivity contribution in [2.24, 2.45) is 0 Å². The van der Waals surface area contributed by atoms with Crippen LogP contribution in [0.2, 0.25) is 0 Å². The molecule has 0 amide bonds. The summed E-state index contributed by atoms with van der Waals surface area (Å²) in [6.07, 6.45) is -2.05. The Bertz CT molecular complexity index is 259.